The number of nitrogens with zero attached hydrogens (tertiary/aromatic N) is 3. The zero-order valence-corrected chi connectivity index (χ0v) is 17.2. The molecule has 0 bridgehead atoms. The number of aliphatic hydroxyl groups is 1. The highest BCUT2D eigenvalue weighted by molar-refractivity contribution is 6.17. The summed E-state index contributed by atoms with van der Waals surface area (Å²) in [6.07, 6.45) is 6.72. The van der Waals surface area contributed by atoms with Crippen molar-refractivity contribution in [2.24, 2.45) is 16.8 Å². The predicted molar refractivity (Wildman–Crippen MR) is 115 cm³/mol. The Balaban J connectivity index is 1.78. The molecule has 7 nitrogen and oxygen atoms in total. The Kier molecular flexibility index (Phi) is 5.41. The molecule has 2 heterocycles. The van der Waals surface area contributed by atoms with Crippen LogP contribution in [0.3, 0.4) is 0 Å². The number of H-pyrrole nitrogens is 1. The van der Waals surface area contributed by atoms with Crippen LogP contribution in [-0.4, -0.2) is 45.6 Å². The van der Waals surface area contributed by atoms with E-state index < -0.39 is 0 Å². The van der Waals surface area contributed by atoms with E-state index in [4.69, 9.17) is 4.99 Å². The van der Waals surface area contributed by atoms with Crippen LogP contribution in [0.5, 0.6) is 0 Å². The average molecular weight is 396 g/mol. The second-order valence-corrected chi connectivity index (χ2v) is 8.18. The first-order chi connectivity index (χ1) is 14.0. The number of aromatic nitrogens is 2. The number of amides is 2. The van der Waals surface area contributed by atoms with Gasteiger partial charge in [0.25, 0.3) is 0 Å². The number of hydrogen-bond acceptors (Lipinski definition) is 4. The Morgan fingerprint density at radius 3 is 2.97 bits per heavy atom. The molecule has 154 valence electrons. The minimum absolute atomic E-state index is 0.0267. The van der Waals surface area contributed by atoms with Crippen LogP contribution < -0.4 is 10.2 Å². The maximum atomic E-state index is 13.1. The first kappa shape index (κ1) is 19.6. The van der Waals surface area contributed by atoms with Gasteiger partial charge in [0.2, 0.25) is 0 Å². The number of carbonyl (C=O) groups is 1. The summed E-state index contributed by atoms with van der Waals surface area (Å²) in [7, 11) is 0. The van der Waals surface area contributed by atoms with Crippen molar-refractivity contribution in [1.82, 2.24) is 15.3 Å². The highest BCUT2D eigenvalue weighted by Crippen LogP contribution is 2.37. The van der Waals surface area contributed by atoms with E-state index in [1.165, 1.54) is 5.57 Å². The van der Waals surface area contributed by atoms with Gasteiger partial charge >= 0.3 is 6.03 Å². The monoisotopic (exact) mass is 395 g/mol. The summed E-state index contributed by atoms with van der Waals surface area (Å²) in [5, 5.41) is 12.7. The van der Waals surface area contributed by atoms with Crippen molar-refractivity contribution in [1.29, 1.82) is 0 Å². The molecule has 0 radical (unpaired) electrons. The first-order valence-corrected chi connectivity index (χ1v) is 10.4. The van der Waals surface area contributed by atoms with Crippen molar-refractivity contribution >= 4 is 28.6 Å². The molecule has 1 fully saturated rings. The maximum Gasteiger partial charge on any atom is 0.327 e. The highest BCUT2D eigenvalue weighted by atomic mass is 16.3. The second-order valence-electron chi connectivity index (χ2n) is 8.18. The molecule has 3 N–H and O–H groups in total. The predicted octanol–water partition coefficient (Wildman–Crippen LogP) is 3.62. The van der Waals surface area contributed by atoms with Gasteiger partial charge in [-0.1, -0.05) is 25.5 Å². The number of fused-ring (bicyclic) bond motifs is 1. The molecule has 0 spiro atoms. The molecule has 2 aromatic rings. The molecule has 4 unspecified atom stereocenters. The zero-order chi connectivity index (χ0) is 20.5. The van der Waals surface area contributed by atoms with E-state index in [0.29, 0.717) is 11.8 Å². The number of anilines is 1. The molecule has 7 heteroatoms. The summed E-state index contributed by atoms with van der Waals surface area (Å²) in [4.78, 5) is 27.1. The van der Waals surface area contributed by atoms with Crippen LogP contribution in [-0.2, 0) is 0 Å². The molecule has 0 saturated carbocycles. The quantitative estimate of drug-likeness (QED) is 0.675. The fourth-order valence-corrected chi connectivity index (χ4v) is 4.56. The van der Waals surface area contributed by atoms with Gasteiger partial charge in [-0.3, -0.25) is 15.2 Å². The van der Waals surface area contributed by atoms with E-state index in [2.05, 4.69) is 35.2 Å². The highest BCUT2D eigenvalue weighted by Gasteiger charge is 2.44. The molecule has 4 atom stereocenters. The number of hydrogen-bond donors (Lipinski definition) is 3. The number of carbonyl (C=O) groups excluding carboxylic acids is 1. The molecule has 4 rings (SSSR count). The van der Waals surface area contributed by atoms with Crippen molar-refractivity contribution in [3.05, 3.63) is 36.2 Å². The summed E-state index contributed by atoms with van der Waals surface area (Å²) in [5.41, 5.74) is 3.98. The van der Waals surface area contributed by atoms with Gasteiger partial charge in [-0.25, -0.2) is 9.78 Å². The fourth-order valence-electron chi connectivity index (χ4n) is 4.56. The van der Waals surface area contributed by atoms with Crippen LogP contribution in [0.15, 0.2) is 41.2 Å². The second kappa shape index (κ2) is 7.99. The van der Waals surface area contributed by atoms with E-state index in [9.17, 15) is 9.90 Å². The number of aliphatic hydroxyl groups excluding tert-OH is 1. The summed E-state index contributed by atoms with van der Waals surface area (Å²) in [6, 6.07) is 5.29. The molecule has 1 aliphatic heterocycles. The summed E-state index contributed by atoms with van der Waals surface area (Å²) in [5.74, 6) is 1.25. The van der Waals surface area contributed by atoms with Gasteiger partial charge in [-0.05, 0) is 56.2 Å². The molecular weight excluding hydrogens is 366 g/mol. The summed E-state index contributed by atoms with van der Waals surface area (Å²) < 4.78 is 0. The minimum atomic E-state index is -0.210. The maximum absolute atomic E-state index is 13.1. The number of aliphatic imine (C=N–C) groups is 1. The third kappa shape index (κ3) is 3.67. The van der Waals surface area contributed by atoms with Gasteiger partial charge in [0.15, 0.2) is 0 Å². The summed E-state index contributed by atoms with van der Waals surface area (Å²) >= 11 is 0. The fraction of sp³-hybridized carbons (Fsp3) is 0.500. The third-order valence-corrected chi connectivity index (χ3v) is 6.20. The van der Waals surface area contributed by atoms with Crippen molar-refractivity contribution in [3.63, 3.8) is 0 Å². The number of amidine groups is 1. The molecule has 1 aliphatic carbocycles. The van der Waals surface area contributed by atoms with Crippen LogP contribution in [0, 0.1) is 11.8 Å². The Hall–Kier alpha value is -2.67. The molecule has 2 amide bonds. The topological polar surface area (TPSA) is 93.6 Å². The van der Waals surface area contributed by atoms with Crippen LogP contribution in [0.2, 0.25) is 0 Å². The normalized spacial score (nSPS) is 27.4. The number of nitrogens with one attached hydrogen (secondary N) is 2. The standard InChI is InChI=1S/C22H29N5O2/c1-4-15(11-28)25-21-20(17-7-5-13(2)9-14(17)3)27(22(29)26-21)16-6-8-18-19(10-16)24-12-23-18/h6,8-10,12,14-15,17,20,28H,4-5,7,11H2,1-3H3,(H,23,24)(H,25,26,29). The van der Waals surface area contributed by atoms with Crippen LogP contribution >= 0.6 is 0 Å². The number of benzene rings is 1. The molecule has 1 saturated heterocycles. The number of rotatable bonds is 5. The lowest BCUT2D eigenvalue weighted by Gasteiger charge is -2.36. The smallest absolute Gasteiger partial charge is 0.327 e. The first-order valence-electron chi connectivity index (χ1n) is 10.4. The Morgan fingerprint density at radius 1 is 1.41 bits per heavy atom. The Morgan fingerprint density at radius 2 is 2.24 bits per heavy atom. The third-order valence-electron chi connectivity index (χ3n) is 6.20. The van der Waals surface area contributed by atoms with Crippen LogP contribution in [0.25, 0.3) is 11.0 Å². The van der Waals surface area contributed by atoms with E-state index >= 15 is 0 Å². The minimum Gasteiger partial charge on any atom is -0.394 e. The van der Waals surface area contributed by atoms with Gasteiger partial charge in [-0.15, -0.1) is 0 Å². The zero-order valence-electron chi connectivity index (χ0n) is 17.2. The van der Waals surface area contributed by atoms with E-state index in [1.54, 1.807) is 6.33 Å². The number of urea groups is 1. The van der Waals surface area contributed by atoms with Gasteiger partial charge in [0.1, 0.15) is 5.84 Å². The number of aromatic amines is 1. The van der Waals surface area contributed by atoms with Gasteiger partial charge in [0, 0.05) is 5.69 Å². The van der Waals surface area contributed by atoms with Crippen molar-refractivity contribution in [2.45, 2.75) is 52.1 Å². The lowest BCUT2D eigenvalue weighted by molar-refractivity contribution is 0.250. The molecule has 1 aromatic carbocycles. The average Bonchev–Trinajstić information content (AvgIpc) is 3.29. The van der Waals surface area contributed by atoms with E-state index in [-0.39, 0.29) is 30.6 Å². The Bertz CT molecular complexity index is 959. The molecule has 2 aliphatic rings. The van der Waals surface area contributed by atoms with Gasteiger partial charge in [-0.2, -0.15) is 0 Å². The van der Waals surface area contributed by atoms with E-state index in [1.807, 2.05) is 30.0 Å². The van der Waals surface area contributed by atoms with Crippen molar-refractivity contribution in [3.8, 4) is 0 Å². The SMILES string of the molecule is CCC(CO)N=C1NC(=O)N(c2ccc3[nH]cnc3c2)C1C1CCC(C)=CC1C. The van der Waals surface area contributed by atoms with Gasteiger partial charge < -0.3 is 10.1 Å². The van der Waals surface area contributed by atoms with Crippen LogP contribution in [0.4, 0.5) is 10.5 Å². The van der Waals surface area contributed by atoms with Crippen molar-refractivity contribution in [2.75, 3.05) is 11.5 Å². The van der Waals surface area contributed by atoms with E-state index in [0.717, 1.165) is 36.0 Å². The number of allylic oxidation sites excluding steroid dienone is 2. The van der Waals surface area contributed by atoms with Crippen LogP contribution in [0.1, 0.15) is 40.0 Å². The van der Waals surface area contributed by atoms with Crippen molar-refractivity contribution < 1.29 is 9.90 Å². The number of imidazole rings is 1. The molecular formula is C22H29N5O2. The molecule has 1 aromatic heterocycles. The lowest BCUT2D eigenvalue weighted by atomic mass is 9.77. The lowest BCUT2D eigenvalue weighted by Crippen LogP contribution is -2.44. The molecule has 29 heavy (non-hydrogen) atoms. The largest absolute Gasteiger partial charge is 0.394 e. The summed E-state index contributed by atoms with van der Waals surface area (Å²) in [6.45, 7) is 6.35. The Labute approximate surface area is 170 Å². The van der Waals surface area contributed by atoms with Gasteiger partial charge in [0.05, 0.1) is 36.1 Å².